The zero-order chi connectivity index (χ0) is 18.6. The lowest BCUT2D eigenvalue weighted by Crippen LogP contribution is -2.34. The van der Waals surface area contributed by atoms with Crippen LogP contribution in [0.4, 0.5) is 0 Å². The smallest absolute Gasteiger partial charge is 0.257 e. The molecule has 0 spiro atoms. The Bertz CT molecular complexity index is 732. The number of aliphatic hydroxyl groups excluding tert-OH is 1. The Morgan fingerprint density at radius 1 is 1.32 bits per heavy atom. The van der Waals surface area contributed by atoms with E-state index in [4.69, 9.17) is 4.74 Å². The fourth-order valence-electron chi connectivity index (χ4n) is 2.78. The molecule has 0 fully saturated rings. The number of aliphatic hydroxyl groups is 1. The van der Waals surface area contributed by atoms with Crippen molar-refractivity contribution in [2.45, 2.75) is 32.7 Å². The van der Waals surface area contributed by atoms with E-state index in [9.17, 15) is 9.90 Å². The number of hydrogen-bond donors (Lipinski definition) is 1. The van der Waals surface area contributed by atoms with Gasteiger partial charge in [-0.15, -0.1) is 0 Å². The molecule has 0 saturated heterocycles. The van der Waals surface area contributed by atoms with Crippen molar-refractivity contribution in [1.29, 1.82) is 0 Å². The first-order valence-electron chi connectivity index (χ1n) is 8.34. The van der Waals surface area contributed by atoms with Gasteiger partial charge in [-0.1, -0.05) is 39.0 Å². The average Bonchev–Trinajstić information content (AvgIpc) is 2.96. The van der Waals surface area contributed by atoms with Gasteiger partial charge in [-0.2, -0.15) is 5.10 Å². The number of methoxy groups -OCH3 is 1. The fraction of sp³-hybridized carbons (Fsp3) is 0.474. The van der Waals surface area contributed by atoms with Crippen LogP contribution in [0.15, 0.2) is 30.5 Å². The van der Waals surface area contributed by atoms with E-state index in [1.54, 1.807) is 22.9 Å². The summed E-state index contributed by atoms with van der Waals surface area (Å²) in [4.78, 5) is 14.8. The van der Waals surface area contributed by atoms with Gasteiger partial charge in [0.2, 0.25) is 0 Å². The third-order valence-electron chi connectivity index (χ3n) is 3.98. The van der Waals surface area contributed by atoms with Gasteiger partial charge in [0.05, 0.1) is 25.0 Å². The second kappa shape index (κ2) is 7.70. The van der Waals surface area contributed by atoms with E-state index in [1.165, 1.54) is 0 Å². The Kier molecular flexibility index (Phi) is 5.85. The number of benzene rings is 1. The van der Waals surface area contributed by atoms with Crippen LogP contribution in [-0.2, 0) is 19.0 Å². The van der Waals surface area contributed by atoms with Gasteiger partial charge in [-0.3, -0.25) is 9.48 Å². The van der Waals surface area contributed by atoms with E-state index < -0.39 is 0 Å². The Labute approximate surface area is 149 Å². The molecule has 0 saturated carbocycles. The van der Waals surface area contributed by atoms with Gasteiger partial charge in [0.25, 0.3) is 5.91 Å². The molecule has 0 radical (unpaired) electrons. The maximum atomic E-state index is 13.1. The number of aryl methyl sites for hydroxylation is 1. The lowest BCUT2D eigenvalue weighted by atomic mass is 9.89. The van der Waals surface area contributed by atoms with Crippen LogP contribution >= 0.6 is 0 Å². The minimum atomic E-state index is -0.248. The second-order valence-electron chi connectivity index (χ2n) is 7.08. The molecule has 1 aromatic carbocycles. The number of carbonyl (C=O) groups excluding carboxylic acids is 1. The van der Waals surface area contributed by atoms with Gasteiger partial charge < -0.3 is 14.7 Å². The van der Waals surface area contributed by atoms with Crippen LogP contribution < -0.4 is 4.74 Å². The van der Waals surface area contributed by atoms with Crippen LogP contribution in [0, 0.1) is 0 Å². The van der Waals surface area contributed by atoms with Crippen molar-refractivity contribution >= 4 is 5.91 Å². The molecule has 1 aromatic heterocycles. The van der Waals surface area contributed by atoms with E-state index in [1.807, 2.05) is 52.1 Å². The first kappa shape index (κ1) is 19.0. The van der Waals surface area contributed by atoms with E-state index in [0.29, 0.717) is 12.1 Å². The predicted molar refractivity (Wildman–Crippen MR) is 96.7 cm³/mol. The highest BCUT2D eigenvalue weighted by Crippen LogP contribution is 2.26. The van der Waals surface area contributed by atoms with Crippen molar-refractivity contribution in [3.63, 3.8) is 0 Å². The van der Waals surface area contributed by atoms with Crippen molar-refractivity contribution < 1.29 is 14.6 Å². The van der Waals surface area contributed by atoms with E-state index in [-0.39, 0.29) is 24.5 Å². The molecule has 6 nitrogen and oxygen atoms in total. The number of carbonyl (C=O) groups is 1. The van der Waals surface area contributed by atoms with Crippen LogP contribution in [0.1, 0.15) is 42.4 Å². The number of nitrogens with zero attached hydrogens (tertiary/aromatic N) is 3. The molecule has 0 aliphatic heterocycles. The summed E-state index contributed by atoms with van der Waals surface area (Å²) in [6, 6.07) is 7.58. The minimum absolute atomic E-state index is 0.105. The van der Waals surface area contributed by atoms with Crippen molar-refractivity contribution in [2.75, 3.05) is 20.3 Å². The number of ether oxygens (including phenoxy) is 1. The summed E-state index contributed by atoms with van der Waals surface area (Å²) >= 11 is 0. The SMILES string of the molecule is COc1ccccc1CN(CCO)C(=O)c1cn(C)nc1C(C)(C)C. The molecule has 1 heterocycles. The third kappa shape index (κ3) is 4.39. The molecule has 0 atom stereocenters. The van der Waals surface area contributed by atoms with E-state index in [2.05, 4.69) is 5.10 Å². The summed E-state index contributed by atoms with van der Waals surface area (Å²) in [5.74, 6) is 0.582. The number of aromatic nitrogens is 2. The highest BCUT2D eigenvalue weighted by molar-refractivity contribution is 5.95. The third-order valence-corrected chi connectivity index (χ3v) is 3.98. The summed E-state index contributed by atoms with van der Waals surface area (Å²) in [5.41, 5.74) is 1.97. The highest BCUT2D eigenvalue weighted by atomic mass is 16.5. The monoisotopic (exact) mass is 345 g/mol. The minimum Gasteiger partial charge on any atom is -0.496 e. The number of amides is 1. The Morgan fingerprint density at radius 3 is 2.60 bits per heavy atom. The zero-order valence-electron chi connectivity index (χ0n) is 15.6. The zero-order valence-corrected chi connectivity index (χ0v) is 15.6. The maximum absolute atomic E-state index is 13.1. The Balaban J connectivity index is 2.36. The molecule has 6 heteroatoms. The molecule has 0 bridgehead atoms. The molecular formula is C19H27N3O3. The number of para-hydroxylation sites is 1. The Morgan fingerprint density at radius 2 is 2.00 bits per heavy atom. The lowest BCUT2D eigenvalue weighted by molar-refractivity contribution is 0.0704. The Hall–Kier alpha value is -2.34. The van der Waals surface area contributed by atoms with Gasteiger partial charge in [-0.25, -0.2) is 0 Å². The summed E-state index contributed by atoms with van der Waals surface area (Å²) in [5, 5.41) is 13.9. The van der Waals surface area contributed by atoms with Gasteiger partial charge >= 0.3 is 0 Å². The fourth-order valence-corrected chi connectivity index (χ4v) is 2.78. The predicted octanol–water partition coefficient (Wildman–Crippen LogP) is 2.36. The molecule has 2 rings (SSSR count). The van der Waals surface area contributed by atoms with E-state index in [0.717, 1.165) is 17.0 Å². The first-order valence-corrected chi connectivity index (χ1v) is 8.34. The van der Waals surface area contributed by atoms with Crippen LogP contribution in [0.3, 0.4) is 0 Å². The van der Waals surface area contributed by atoms with E-state index >= 15 is 0 Å². The molecule has 0 aliphatic carbocycles. The van der Waals surface area contributed by atoms with Crippen molar-refractivity contribution in [1.82, 2.24) is 14.7 Å². The van der Waals surface area contributed by atoms with Crippen molar-refractivity contribution in [3.05, 3.63) is 47.3 Å². The first-order chi connectivity index (χ1) is 11.8. The van der Waals surface area contributed by atoms with Gasteiger partial charge in [-0.05, 0) is 6.07 Å². The summed E-state index contributed by atoms with van der Waals surface area (Å²) in [6.07, 6.45) is 1.75. The number of hydrogen-bond acceptors (Lipinski definition) is 4. The summed E-state index contributed by atoms with van der Waals surface area (Å²) in [7, 11) is 3.42. The standard InChI is InChI=1S/C19H27N3O3/c1-19(2,3)17-15(13-21(4)20-17)18(24)22(10-11-23)12-14-8-6-7-9-16(14)25-5/h6-9,13,23H,10-12H2,1-5H3. The van der Waals surface area contributed by atoms with Gasteiger partial charge in [0, 0.05) is 37.3 Å². The van der Waals surface area contributed by atoms with Gasteiger partial charge in [0.15, 0.2) is 0 Å². The normalized spacial score (nSPS) is 11.4. The van der Waals surface area contributed by atoms with Crippen LogP contribution in [-0.4, -0.2) is 46.0 Å². The largest absolute Gasteiger partial charge is 0.496 e. The molecule has 2 aromatic rings. The van der Waals surface area contributed by atoms with Crippen molar-refractivity contribution in [3.8, 4) is 5.75 Å². The molecule has 1 N–H and O–H groups in total. The maximum Gasteiger partial charge on any atom is 0.257 e. The summed E-state index contributed by atoms with van der Waals surface area (Å²) in [6.45, 7) is 6.59. The second-order valence-corrected chi connectivity index (χ2v) is 7.08. The van der Waals surface area contributed by atoms with Crippen LogP contribution in [0.5, 0.6) is 5.75 Å². The van der Waals surface area contributed by atoms with Gasteiger partial charge in [0.1, 0.15) is 5.75 Å². The highest BCUT2D eigenvalue weighted by Gasteiger charge is 2.28. The lowest BCUT2D eigenvalue weighted by Gasteiger charge is -2.24. The average molecular weight is 345 g/mol. The van der Waals surface area contributed by atoms with Crippen LogP contribution in [0.25, 0.3) is 0 Å². The van der Waals surface area contributed by atoms with Crippen molar-refractivity contribution in [2.24, 2.45) is 7.05 Å². The summed E-state index contributed by atoms with van der Waals surface area (Å²) < 4.78 is 7.04. The topological polar surface area (TPSA) is 67.6 Å². The molecule has 0 aliphatic rings. The molecule has 0 unspecified atom stereocenters. The van der Waals surface area contributed by atoms with Crippen LogP contribution in [0.2, 0.25) is 0 Å². The molecular weight excluding hydrogens is 318 g/mol. The quantitative estimate of drug-likeness (QED) is 0.873. The molecule has 1 amide bonds. The number of rotatable bonds is 6. The molecule has 136 valence electrons. The molecule has 25 heavy (non-hydrogen) atoms.